The van der Waals surface area contributed by atoms with E-state index in [2.05, 4.69) is 41.8 Å². The third-order valence-electron chi connectivity index (χ3n) is 6.34. The Hall–Kier alpha value is -3.60. The van der Waals surface area contributed by atoms with Gasteiger partial charge in [0.1, 0.15) is 11.6 Å². The Morgan fingerprint density at radius 1 is 1.00 bits per heavy atom. The number of para-hydroxylation sites is 3. The monoisotopic (exact) mass is 425 g/mol. The first-order valence-electron chi connectivity index (χ1n) is 11.1. The molecule has 0 bridgehead atoms. The Labute approximate surface area is 188 Å². The molecule has 4 aromatic rings. The number of carbonyl (C=O) groups is 1. The zero-order valence-electron chi connectivity index (χ0n) is 18.5. The Balaban J connectivity index is 1.51. The van der Waals surface area contributed by atoms with E-state index in [9.17, 15) is 4.79 Å². The number of methoxy groups -OCH3 is 1. The third kappa shape index (κ3) is 3.64. The van der Waals surface area contributed by atoms with Crippen LogP contribution >= 0.6 is 0 Å². The summed E-state index contributed by atoms with van der Waals surface area (Å²) in [6.45, 7) is 3.49. The van der Waals surface area contributed by atoms with Gasteiger partial charge in [0.05, 0.1) is 18.1 Å². The van der Waals surface area contributed by atoms with Crippen molar-refractivity contribution in [3.8, 4) is 5.75 Å². The van der Waals surface area contributed by atoms with Crippen molar-refractivity contribution in [2.24, 2.45) is 0 Å². The highest BCUT2D eigenvalue weighted by molar-refractivity contribution is 5.97. The van der Waals surface area contributed by atoms with E-state index in [-0.39, 0.29) is 11.8 Å². The van der Waals surface area contributed by atoms with E-state index in [1.54, 1.807) is 7.11 Å². The molecule has 1 aliphatic heterocycles. The molecule has 1 atom stereocenters. The molecule has 3 aromatic carbocycles. The number of rotatable bonds is 6. The average Bonchev–Trinajstić information content (AvgIpc) is 3.40. The molecule has 1 aliphatic rings. The van der Waals surface area contributed by atoms with Gasteiger partial charge >= 0.3 is 0 Å². The predicted molar refractivity (Wildman–Crippen MR) is 127 cm³/mol. The third-order valence-corrected chi connectivity index (χ3v) is 6.34. The molecular formula is C27H27N3O2. The average molecular weight is 426 g/mol. The number of hydrogen-bond acceptors (Lipinski definition) is 3. The molecule has 0 saturated carbocycles. The molecule has 0 spiro atoms. The zero-order chi connectivity index (χ0) is 22.1. The molecule has 2 heterocycles. The molecule has 5 nitrogen and oxygen atoms in total. The van der Waals surface area contributed by atoms with Gasteiger partial charge < -0.3 is 14.2 Å². The second-order valence-corrected chi connectivity index (χ2v) is 8.28. The van der Waals surface area contributed by atoms with Gasteiger partial charge in [-0.25, -0.2) is 4.98 Å². The van der Waals surface area contributed by atoms with Crippen LogP contribution in [-0.4, -0.2) is 29.1 Å². The number of imidazole rings is 1. The molecule has 1 saturated heterocycles. The SMILES string of the molecule is CCc1ccccc1N1CC(c2nc3ccccc3n2Cc2ccc(OC)cc2)CC1=O. The van der Waals surface area contributed by atoms with E-state index in [0.29, 0.717) is 19.5 Å². The quantitative estimate of drug-likeness (QED) is 0.428. The smallest absolute Gasteiger partial charge is 0.227 e. The summed E-state index contributed by atoms with van der Waals surface area (Å²) in [5, 5.41) is 0. The fourth-order valence-corrected chi connectivity index (χ4v) is 4.67. The molecular weight excluding hydrogens is 398 g/mol. The van der Waals surface area contributed by atoms with E-state index in [0.717, 1.165) is 34.7 Å². The Bertz CT molecular complexity index is 1260. The maximum atomic E-state index is 13.1. The van der Waals surface area contributed by atoms with Crippen molar-refractivity contribution in [2.75, 3.05) is 18.6 Å². The van der Waals surface area contributed by atoms with Crippen molar-refractivity contribution in [1.82, 2.24) is 9.55 Å². The largest absolute Gasteiger partial charge is 0.497 e. The van der Waals surface area contributed by atoms with E-state index in [4.69, 9.17) is 9.72 Å². The first kappa shape index (κ1) is 20.3. The van der Waals surface area contributed by atoms with Gasteiger partial charge in [-0.15, -0.1) is 0 Å². The van der Waals surface area contributed by atoms with Crippen molar-refractivity contribution in [2.45, 2.75) is 32.2 Å². The van der Waals surface area contributed by atoms with E-state index >= 15 is 0 Å². The van der Waals surface area contributed by atoms with Crippen LogP contribution in [0.1, 0.15) is 36.2 Å². The number of fused-ring (bicyclic) bond motifs is 1. The molecule has 162 valence electrons. The number of carbonyl (C=O) groups excluding carboxylic acids is 1. The summed E-state index contributed by atoms with van der Waals surface area (Å²) >= 11 is 0. The summed E-state index contributed by atoms with van der Waals surface area (Å²) in [6.07, 6.45) is 1.38. The highest BCUT2D eigenvalue weighted by atomic mass is 16.5. The van der Waals surface area contributed by atoms with Gasteiger partial charge in [-0.05, 0) is 47.9 Å². The summed E-state index contributed by atoms with van der Waals surface area (Å²) in [5.41, 5.74) is 5.47. The summed E-state index contributed by atoms with van der Waals surface area (Å²) in [5.74, 6) is 2.04. The van der Waals surface area contributed by atoms with Gasteiger partial charge in [0.2, 0.25) is 5.91 Å². The topological polar surface area (TPSA) is 47.4 Å². The van der Waals surface area contributed by atoms with Gasteiger partial charge in [-0.2, -0.15) is 0 Å². The van der Waals surface area contributed by atoms with Crippen molar-refractivity contribution < 1.29 is 9.53 Å². The number of ether oxygens (including phenoxy) is 1. The van der Waals surface area contributed by atoms with Crippen LogP contribution in [0.4, 0.5) is 5.69 Å². The van der Waals surface area contributed by atoms with Gasteiger partial charge in [-0.1, -0.05) is 49.4 Å². The van der Waals surface area contributed by atoms with Gasteiger partial charge in [0.25, 0.3) is 0 Å². The van der Waals surface area contributed by atoms with E-state index < -0.39 is 0 Å². The molecule has 5 heteroatoms. The normalized spacial score (nSPS) is 16.1. The first-order chi connectivity index (χ1) is 15.7. The lowest BCUT2D eigenvalue weighted by Crippen LogP contribution is -2.25. The van der Waals surface area contributed by atoms with Crippen LogP contribution < -0.4 is 9.64 Å². The van der Waals surface area contributed by atoms with Gasteiger partial charge in [0, 0.05) is 31.1 Å². The molecule has 0 radical (unpaired) electrons. The highest BCUT2D eigenvalue weighted by Gasteiger charge is 2.35. The second-order valence-electron chi connectivity index (χ2n) is 8.28. The van der Waals surface area contributed by atoms with E-state index in [1.807, 2.05) is 47.4 Å². The molecule has 1 unspecified atom stereocenters. The van der Waals surface area contributed by atoms with Crippen LogP contribution in [0.3, 0.4) is 0 Å². The number of nitrogens with zero attached hydrogens (tertiary/aromatic N) is 3. The maximum absolute atomic E-state index is 13.1. The Morgan fingerprint density at radius 3 is 2.53 bits per heavy atom. The van der Waals surface area contributed by atoms with Gasteiger partial charge in [0.15, 0.2) is 0 Å². The lowest BCUT2D eigenvalue weighted by atomic mass is 10.1. The standard InChI is InChI=1S/C27H27N3O2/c1-3-20-8-4-6-10-24(20)29-18-21(16-26(29)31)27-28-23-9-5-7-11-25(23)30(27)17-19-12-14-22(32-2)15-13-19/h4-15,21H,3,16-18H2,1-2H3. The van der Waals surface area contributed by atoms with Crippen molar-refractivity contribution in [1.29, 1.82) is 0 Å². The lowest BCUT2D eigenvalue weighted by Gasteiger charge is -2.20. The minimum Gasteiger partial charge on any atom is -0.497 e. The number of aryl methyl sites for hydroxylation is 1. The minimum atomic E-state index is 0.0538. The fraction of sp³-hybridized carbons (Fsp3) is 0.259. The second kappa shape index (κ2) is 8.50. The maximum Gasteiger partial charge on any atom is 0.227 e. The molecule has 1 aromatic heterocycles. The molecule has 5 rings (SSSR count). The lowest BCUT2D eigenvalue weighted by molar-refractivity contribution is -0.117. The van der Waals surface area contributed by atoms with Crippen LogP contribution in [0.15, 0.2) is 72.8 Å². The molecule has 0 N–H and O–H groups in total. The molecule has 32 heavy (non-hydrogen) atoms. The number of aromatic nitrogens is 2. The van der Waals surface area contributed by atoms with E-state index in [1.165, 1.54) is 11.1 Å². The van der Waals surface area contributed by atoms with Crippen LogP contribution in [0.5, 0.6) is 5.75 Å². The van der Waals surface area contributed by atoms with Crippen molar-refractivity contribution in [3.63, 3.8) is 0 Å². The number of anilines is 1. The molecule has 1 amide bonds. The summed E-state index contributed by atoms with van der Waals surface area (Å²) in [4.78, 5) is 20.0. The predicted octanol–water partition coefficient (Wildman–Crippen LogP) is 5.18. The van der Waals surface area contributed by atoms with Crippen LogP contribution in [0.25, 0.3) is 11.0 Å². The Morgan fingerprint density at radius 2 is 1.75 bits per heavy atom. The first-order valence-corrected chi connectivity index (χ1v) is 11.1. The highest BCUT2D eigenvalue weighted by Crippen LogP contribution is 2.35. The molecule has 0 aliphatic carbocycles. The molecule has 1 fully saturated rings. The number of amides is 1. The van der Waals surface area contributed by atoms with Crippen molar-refractivity contribution >= 4 is 22.6 Å². The fourth-order valence-electron chi connectivity index (χ4n) is 4.67. The minimum absolute atomic E-state index is 0.0538. The number of hydrogen-bond donors (Lipinski definition) is 0. The summed E-state index contributed by atoms with van der Waals surface area (Å²) < 4.78 is 7.57. The number of benzene rings is 3. The van der Waals surface area contributed by atoms with Crippen molar-refractivity contribution in [3.05, 3.63) is 89.7 Å². The Kier molecular flexibility index (Phi) is 5.39. The summed E-state index contributed by atoms with van der Waals surface area (Å²) in [6, 6.07) is 24.6. The van der Waals surface area contributed by atoms with Crippen LogP contribution in [0.2, 0.25) is 0 Å². The van der Waals surface area contributed by atoms with Gasteiger partial charge in [-0.3, -0.25) is 4.79 Å². The zero-order valence-corrected chi connectivity index (χ0v) is 18.5. The van der Waals surface area contributed by atoms with Crippen LogP contribution in [0, 0.1) is 0 Å². The summed E-state index contributed by atoms with van der Waals surface area (Å²) in [7, 11) is 1.68. The van der Waals surface area contributed by atoms with Crippen LogP contribution in [-0.2, 0) is 17.8 Å².